The highest BCUT2D eigenvalue weighted by Crippen LogP contribution is 2.23. The van der Waals surface area contributed by atoms with Crippen molar-refractivity contribution < 1.29 is 0 Å². The van der Waals surface area contributed by atoms with Gasteiger partial charge >= 0.3 is 0 Å². The number of piperidine rings is 1. The maximum atomic E-state index is 4.39. The van der Waals surface area contributed by atoms with Gasteiger partial charge in [-0.05, 0) is 41.4 Å². The van der Waals surface area contributed by atoms with Crippen molar-refractivity contribution in [2.75, 3.05) is 13.1 Å². The Labute approximate surface area is 102 Å². The Morgan fingerprint density at radius 3 is 3.19 bits per heavy atom. The Morgan fingerprint density at radius 2 is 2.38 bits per heavy atom. The molecule has 0 aromatic carbocycles. The number of rotatable bonds is 1. The van der Waals surface area contributed by atoms with Gasteiger partial charge in [-0.3, -0.25) is 0 Å². The van der Waals surface area contributed by atoms with E-state index in [0.29, 0.717) is 6.04 Å². The highest BCUT2D eigenvalue weighted by molar-refractivity contribution is 9.10. The number of nitrogens with one attached hydrogen (secondary N) is 1. The summed E-state index contributed by atoms with van der Waals surface area (Å²) in [6, 6.07) is 2.56. The van der Waals surface area contributed by atoms with E-state index in [2.05, 4.69) is 35.8 Å². The molecule has 3 rings (SSSR count). The van der Waals surface area contributed by atoms with E-state index >= 15 is 0 Å². The molecule has 0 saturated carbocycles. The molecule has 1 N–H and O–H groups in total. The molecular formula is C11H13BrN4. The zero-order valence-corrected chi connectivity index (χ0v) is 10.4. The SMILES string of the molecule is Brc1cc2c(cn1)ncn2[C@H]1CCCNC1. The number of aromatic nitrogens is 3. The largest absolute Gasteiger partial charge is 0.326 e. The number of pyridine rings is 1. The summed E-state index contributed by atoms with van der Waals surface area (Å²) in [7, 11) is 0. The van der Waals surface area contributed by atoms with Crippen LogP contribution in [0.2, 0.25) is 0 Å². The van der Waals surface area contributed by atoms with E-state index in [1.54, 1.807) is 0 Å². The van der Waals surface area contributed by atoms with Crippen molar-refractivity contribution in [2.45, 2.75) is 18.9 Å². The number of hydrogen-bond donors (Lipinski definition) is 1. The van der Waals surface area contributed by atoms with Crippen molar-refractivity contribution in [3.8, 4) is 0 Å². The van der Waals surface area contributed by atoms with E-state index in [1.165, 1.54) is 12.8 Å². The maximum absolute atomic E-state index is 4.39. The van der Waals surface area contributed by atoms with Gasteiger partial charge in [0.1, 0.15) is 10.1 Å². The van der Waals surface area contributed by atoms with Gasteiger partial charge in [-0.15, -0.1) is 0 Å². The van der Waals surface area contributed by atoms with Gasteiger partial charge in [-0.1, -0.05) is 0 Å². The molecule has 4 nitrogen and oxygen atoms in total. The zero-order valence-electron chi connectivity index (χ0n) is 8.86. The molecule has 2 aromatic rings. The van der Waals surface area contributed by atoms with Crippen molar-refractivity contribution in [2.24, 2.45) is 0 Å². The Hall–Kier alpha value is -0.940. The van der Waals surface area contributed by atoms with E-state index in [1.807, 2.05) is 18.6 Å². The topological polar surface area (TPSA) is 42.7 Å². The normalized spacial score (nSPS) is 21.4. The minimum absolute atomic E-state index is 0.521. The fraction of sp³-hybridized carbons (Fsp3) is 0.455. The van der Waals surface area contributed by atoms with Crippen LogP contribution < -0.4 is 5.32 Å². The van der Waals surface area contributed by atoms with Crippen molar-refractivity contribution in [3.63, 3.8) is 0 Å². The van der Waals surface area contributed by atoms with E-state index in [-0.39, 0.29) is 0 Å². The molecule has 0 aliphatic carbocycles. The minimum Gasteiger partial charge on any atom is -0.326 e. The summed E-state index contributed by atoms with van der Waals surface area (Å²) in [5, 5.41) is 3.43. The van der Waals surface area contributed by atoms with E-state index in [9.17, 15) is 0 Å². The van der Waals surface area contributed by atoms with E-state index in [0.717, 1.165) is 28.7 Å². The second-order valence-corrected chi connectivity index (χ2v) is 4.96. The van der Waals surface area contributed by atoms with Crippen molar-refractivity contribution >= 4 is 27.0 Å². The summed E-state index contributed by atoms with van der Waals surface area (Å²) < 4.78 is 3.12. The molecule has 0 bridgehead atoms. The van der Waals surface area contributed by atoms with Crippen LogP contribution in [0.1, 0.15) is 18.9 Å². The molecule has 84 valence electrons. The van der Waals surface area contributed by atoms with Crippen LogP contribution in [0.3, 0.4) is 0 Å². The number of fused-ring (bicyclic) bond motifs is 1. The monoisotopic (exact) mass is 280 g/mol. The summed E-state index contributed by atoms with van der Waals surface area (Å²) in [6.07, 6.45) is 6.19. The van der Waals surface area contributed by atoms with E-state index in [4.69, 9.17) is 0 Å². The van der Waals surface area contributed by atoms with Crippen LogP contribution in [0.4, 0.5) is 0 Å². The number of imidazole rings is 1. The Kier molecular flexibility index (Phi) is 2.65. The van der Waals surface area contributed by atoms with Gasteiger partial charge in [0.2, 0.25) is 0 Å². The molecule has 1 aliphatic rings. The van der Waals surface area contributed by atoms with Crippen LogP contribution >= 0.6 is 15.9 Å². The van der Waals surface area contributed by atoms with Crippen molar-refractivity contribution in [1.29, 1.82) is 0 Å². The third kappa shape index (κ3) is 1.74. The van der Waals surface area contributed by atoms with Gasteiger partial charge < -0.3 is 9.88 Å². The molecule has 1 saturated heterocycles. The fourth-order valence-corrected chi connectivity index (χ4v) is 2.59. The van der Waals surface area contributed by atoms with Crippen LogP contribution in [0, 0.1) is 0 Å². The van der Waals surface area contributed by atoms with Crippen molar-refractivity contribution in [3.05, 3.63) is 23.2 Å². The lowest BCUT2D eigenvalue weighted by molar-refractivity contribution is 0.378. The average molecular weight is 281 g/mol. The first-order valence-electron chi connectivity index (χ1n) is 5.53. The summed E-state index contributed by atoms with van der Waals surface area (Å²) in [5.41, 5.74) is 2.13. The lowest BCUT2D eigenvalue weighted by Crippen LogP contribution is -2.31. The van der Waals surface area contributed by atoms with Crippen molar-refractivity contribution in [1.82, 2.24) is 19.9 Å². The maximum Gasteiger partial charge on any atom is 0.108 e. The van der Waals surface area contributed by atoms with Crippen LogP contribution in [0.15, 0.2) is 23.2 Å². The number of nitrogens with zero attached hydrogens (tertiary/aromatic N) is 3. The van der Waals surface area contributed by atoms with Gasteiger partial charge in [0, 0.05) is 12.6 Å². The molecule has 0 amide bonds. The van der Waals surface area contributed by atoms with Crippen LogP contribution in [0.25, 0.3) is 11.0 Å². The standard InChI is InChI=1S/C11H13BrN4/c12-11-4-10-9(6-14-11)15-7-16(10)8-2-1-3-13-5-8/h4,6-8,13H,1-3,5H2/t8-/m0/s1. The minimum atomic E-state index is 0.521. The zero-order chi connectivity index (χ0) is 11.0. The molecular weight excluding hydrogens is 268 g/mol. The molecule has 1 aliphatic heterocycles. The van der Waals surface area contributed by atoms with Gasteiger partial charge in [0.05, 0.1) is 18.0 Å². The molecule has 1 fully saturated rings. The molecule has 0 spiro atoms. The average Bonchev–Trinajstić information content (AvgIpc) is 2.73. The third-order valence-corrected chi connectivity index (χ3v) is 3.53. The second-order valence-electron chi connectivity index (χ2n) is 4.15. The molecule has 0 unspecified atom stereocenters. The molecule has 3 heterocycles. The molecule has 0 radical (unpaired) electrons. The number of halogens is 1. The van der Waals surface area contributed by atoms with Gasteiger partial charge in [-0.25, -0.2) is 9.97 Å². The lowest BCUT2D eigenvalue weighted by atomic mass is 10.1. The fourth-order valence-electron chi connectivity index (χ4n) is 2.27. The molecule has 5 heteroatoms. The summed E-state index contributed by atoms with van der Waals surface area (Å²) >= 11 is 3.41. The third-order valence-electron chi connectivity index (χ3n) is 3.09. The van der Waals surface area contributed by atoms with E-state index < -0.39 is 0 Å². The van der Waals surface area contributed by atoms with Gasteiger partial charge in [-0.2, -0.15) is 0 Å². The Balaban J connectivity index is 2.05. The Morgan fingerprint density at radius 1 is 1.44 bits per heavy atom. The predicted octanol–water partition coefficient (Wildman–Crippen LogP) is 2.12. The summed E-state index contributed by atoms with van der Waals surface area (Å²) in [6.45, 7) is 2.17. The first-order valence-corrected chi connectivity index (χ1v) is 6.33. The van der Waals surface area contributed by atoms with Gasteiger partial charge in [0.15, 0.2) is 0 Å². The smallest absolute Gasteiger partial charge is 0.108 e. The molecule has 16 heavy (non-hydrogen) atoms. The molecule has 2 aromatic heterocycles. The summed E-state index contributed by atoms with van der Waals surface area (Å²) in [5.74, 6) is 0. The lowest BCUT2D eigenvalue weighted by Gasteiger charge is -2.24. The first-order chi connectivity index (χ1) is 7.84. The second kappa shape index (κ2) is 4.14. The number of hydrogen-bond acceptors (Lipinski definition) is 3. The molecule has 1 atom stereocenters. The van der Waals surface area contributed by atoms with Crippen LogP contribution in [0.5, 0.6) is 0 Å². The first kappa shape index (κ1) is 10.2. The summed E-state index contributed by atoms with van der Waals surface area (Å²) in [4.78, 5) is 8.58. The van der Waals surface area contributed by atoms with Gasteiger partial charge in [0.25, 0.3) is 0 Å². The highest BCUT2D eigenvalue weighted by atomic mass is 79.9. The van der Waals surface area contributed by atoms with Crippen LogP contribution in [-0.4, -0.2) is 27.6 Å². The Bertz CT molecular complexity index is 502. The van der Waals surface area contributed by atoms with Crippen LogP contribution in [-0.2, 0) is 0 Å². The quantitative estimate of drug-likeness (QED) is 0.814. The highest BCUT2D eigenvalue weighted by Gasteiger charge is 2.16. The predicted molar refractivity (Wildman–Crippen MR) is 66.4 cm³/mol.